The molecule has 2 amide bonds. The van der Waals surface area contributed by atoms with Gasteiger partial charge in [-0.3, -0.25) is 9.59 Å². The number of rotatable bonds is 83. The summed E-state index contributed by atoms with van der Waals surface area (Å²) in [7, 11) is 0. The van der Waals surface area contributed by atoms with E-state index in [1.54, 1.807) is 6.08 Å². The van der Waals surface area contributed by atoms with Crippen LogP contribution in [0.4, 0.5) is 0 Å². The van der Waals surface area contributed by atoms with E-state index in [1.807, 2.05) is 6.08 Å². The number of hydrogen-bond donors (Lipinski definition) is 12. The zero-order valence-electron chi connectivity index (χ0n) is 74.5. The van der Waals surface area contributed by atoms with Gasteiger partial charge in [0, 0.05) is 12.8 Å². The van der Waals surface area contributed by atoms with Crippen LogP contribution in [0.2, 0.25) is 0 Å². The molecule has 0 spiro atoms. The maximum atomic E-state index is 13.2. The zero-order valence-corrected chi connectivity index (χ0v) is 74.5. The van der Waals surface area contributed by atoms with Crippen LogP contribution in [-0.4, -0.2) is 175 Å². The maximum Gasteiger partial charge on any atom is 0.220 e. The number of hydrogen-bond acceptors (Lipinski definition) is 16. The van der Waals surface area contributed by atoms with E-state index in [1.165, 1.54) is 360 Å². The lowest BCUT2D eigenvalue weighted by atomic mass is 9.97. The van der Waals surface area contributed by atoms with Gasteiger partial charge in [0.05, 0.1) is 50.7 Å². The molecule has 2 fully saturated rings. The second-order valence-electron chi connectivity index (χ2n) is 34.9. The van der Waals surface area contributed by atoms with E-state index in [4.69, 9.17) is 18.9 Å². The van der Waals surface area contributed by atoms with Crippen LogP contribution in [0.3, 0.4) is 0 Å². The minimum atomic E-state index is -1.78. The van der Waals surface area contributed by atoms with Crippen LogP contribution in [0, 0.1) is 0 Å². The van der Waals surface area contributed by atoms with E-state index in [0.29, 0.717) is 19.3 Å². The minimum Gasteiger partial charge on any atom is -0.394 e. The number of carbonyl (C=O) groups is 2. The van der Waals surface area contributed by atoms with E-state index in [-0.39, 0.29) is 31.4 Å². The van der Waals surface area contributed by atoms with Crippen molar-refractivity contribution in [2.75, 3.05) is 26.4 Å². The van der Waals surface area contributed by atoms with Crippen molar-refractivity contribution in [1.29, 1.82) is 0 Å². The summed E-state index contributed by atoms with van der Waals surface area (Å²) >= 11 is 0. The van der Waals surface area contributed by atoms with E-state index < -0.39 is 98.9 Å². The Bertz CT molecular complexity index is 2040. The highest BCUT2D eigenvalue weighted by atomic mass is 16.7. The molecule has 12 N–H and O–H groups in total. The van der Waals surface area contributed by atoms with Crippen molar-refractivity contribution in [1.82, 2.24) is 10.6 Å². The molecule has 0 aromatic rings. The topological polar surface area (TPSA) is 297 Å². The van der Waals surface area contributed by atoms with Gasteiger partial charge in [-0.05, 0) is 32.1 Å². The van der Waals surface area contributed by atoms with Gasteiger partial charge >= 0.3 is 0 Å². The molecule has 2 aliphatic heterocycles. The highest BCUT2D eigenvalue weighted by molar-refractivity contribution is 5.76. The summed E-state index contributed by atoms with van der Waals surface area (Å²) in [5, 5.41) is 110. The Balaban J connectivity index is 0.00000123. The predicted octanol–water partition coefficient (Wildman–Crippen LogP) is 21.2. The Labute approximate surface area is 700 Å². The van der Waals surface area contributed by atoms with Crippen molar-refractivity contribution in [3.05, 3.63) is 12.2 Å². The summed E-state index contributed by atoms with van der Waals surface area (Å²) < 4.78 is 22.7. The molecule has 0 bridgehead atoms. The number of amides is 2. The van der Waals surface area contributed by atoms with E-state index >= 15 is 0 Å². The van der Waals surface area contributed by atoms with Crippen molar-refractivity contribution in [3.63, 3.8) is 0 Å². The predicted molar refractivity (Wildman–Crippen MR) is 470 cm³/mol. The number of carbonyl (C=O) groups excluding carboxylic acids is 2. The monoisotopic (exact) mass is 1630 g/mol. The quantitative estimate of drug-likeness (QED) is 0.0199. The summed E-state index contributed by atoms with van der Waals surface area (Å²) in [6.07, 6.45) is 74.2. The van der Waals surface area contributed by atoms with Crippen LogP contribution in [-0.2, 0) is 28.5 Å². The Morgan fingerprint density at radius 3 is 0.930 bits per heavy atom. The van der Waals surface area contributed by atoms with Gasteiger partial charge in [0.15, 0.2) is 12.6 Å². The van der Waals surface area contributed by atoms with Crippen LogP contribution in [0.1, 0.15) is 477 Å². The van der Waals surface area contributed by atoms with Gasteiger partial charge in [-0.1, -0.05) is 444 Å². The number of aliphatic hydroxyl groups is 10. The lowest BCUT2D eigenvalue weighted by Crippen LogP contribution is -2.65. The van der Waals surface area contributed by atoms with Gasteiger partial charge in [-0.2, -0.15) is 0 Å². The van der Waals surface area contributed by atoms with Crippen LogP contribution < -0.4 is 10.6 Å². The van der Waals surface area contributed by atoms with Gasteiger partial charge in [-0.25, -0.2) is 0 Å². The fraction of sp³-hybridized carbons (Fsp3) is 0.958. The van der Waals surface area contributed by atoms with Crippen molar-refractivity contribution in [3.8, 4) is 0 Å². The van der Waals surface area contributed by atoms with E-state index in [2.05, 4.69) is 38.3 Å². The normalized spacial score (nSPS) is 20.9. The fourth-order valence-electron chi connectivity index (χ4n) is 16.2. The molecule has 2 saturated heterocycles. The molecule has 18 nitrogen and oxygen atoms in total. The first-order valence-corrected chi connectivity index (χ1v) is 49.2. The molecule has 0 saturated carbocycles. The lowest BCUT2D eigenvalue weighted by molar-refractivity contribution is -0.359. The van der Waals surface area contributed by atoms with Crippen LogP contribution in [0.15, 0.2) is 12.2 Å². The third-order valence-electron chi connectivity index (χ3n) is 24.1. The van der Waals surface area contributed by atoms with Crippen LogP contribution in [0.5, 0.6) is 0 Å². The summed E-state index contributed by atoms with van der Waals surface area (Å²) in [5.74, 6) is -0.262. The molecular weight excluding hydrogens is 1440 g/mol. The van der Waals surface area contributed by atoms with Gasteiger partial charge < -0.3 is 80.6 Å². The lowest BCUT2D eigenvalue weighted by Gasteiger charge is -2.46. The molecule has 4 unspecified atom stereocenters. The summed E-state index contributed by atoms with van der Waals surface area (Å²) in [6.45, 7) is 7.18. The molecule has 0 aliphatic carbocycles. The van der Waals surface area contributed by atoms with Crippen molar-refractivity contribution < 1.29 is 79.6 Å². The molecule has 0 radical (unpaired) electrons. The largest absolute Gasteiger partial charge is 0.394 e. The number of unbranched alkanes of at least 4 members (excludes halogenated alkanes) is 63. The maximum absolute atomic E-state index is 13.2. The minimum absolute atomic E-state index is 0.0266. The second kappa shape index (κ2) is 82.1. The standard InChI is InChI=1S/C54H103NO13.C42H85NO3/c1-3-5-7-9-11-13-15-17-18-19-20-21-22-23-24-26-28-30-32-34-36-38-46(59)55-42(43(58)37-35-33-31-29-27-25-16-14-12-10-8-6-4-2)41-65-53-51(64)49(62)52(45(40-57)67-53)68-54-50(63)48(61)47(60)44(39-56)66-54;1-3-5-7-9-11-13-15-17-18-19-20-21-22-23-24-26-28-30-32-34-36-38-42(46)43-40(39-44)41(45)37-35-33-31-29-27-25-16-14-12-10-8-6-4-2/h35,37,42-45,47-54,56-58,60-64H,3-34,36,38-41H2,1-2H3,(H,55,59);40-41,44-45H,3-39H2,1-2H3,(H,43,46)/b37-35+;/t42-,43+,44?,45?,47-,48-,49+,50?,51?,52+,53+,54-;40-,41+/m00/s1. The molecule has 2 aliphatic rings. The van der Waals surface area contributed by atoms with E-state index in [9.17, 15) is 60.7 Å². The first kappa shape index (κ1) is 110. The third kappa shape index (κ3) is 62.3. The number of allylic oxidation sites excluding steroid dienone is 1. The number of ether oxygens (including phenoxy) is 4. The average Bonchev–Trinajstić information content (AvgIpc) is 0.788. The highest BCUT2D eigenvalue weighted by Gasteiger charge is 2.51. The first-order chi connectivity index (χ1) is 55.7. The molecule has 14 atom stereocenters. The van der Waals surface area contributed by atoms with Gasteiger partial charge in [0.1, 0.15) is 48.8 Å². The smallest absolute Gasteiger partial charge is 0.220 e. The van der Waals surface area contributed by atoms with E-state index in [0.717, 1.165) is 64.2 Å². The number of nitrogens with one attached hydrogen (secondary N) is 2. The Hall–Kier alpha value is -1.88. The molecule has 0 aromatic carbocycles. The highest BCUT2D eigenvalue weighted by Crippen LogP contribution is 2.31. The second-order valence-corrected chi connectivity index (χ2v) is 34.9. The molecular formula is C96H188N2O16. The average molecular weight is 1630 g/mol. The van der Waals surface area contributed by atoms with Gasteiger partial charge in [0.2, 0.25) is 11.8 Å². The van der Waals surface area contributed by atoms with Crippen LogP contribution >= 0.6 is 0 Å². The van der Waals surface area contributed by atoms with Gasteiger partial charge in [0.25, 0.3) is 0 Å². The fourth-order valence-corrected chi connectivity index (χ4v) is 16.2. The summed E-state index contributed by atoms with van der Waals surface area (Å²) in [5.41, 5.74) is 0. The molecule has 0 aromatic heterocycles. The molecule has 2 heterocycles. The van der Waals surface area contributed by atoms with Crippen molar-refractivity contribution in [2.45, 2.75) is 563 Å². The zero-order chi connectivity index (χ0) is 83.2. The summed E-state index contributed by atoms with van der Waals surface area (Å²) in [4.78, 5) is 25.6. The summed E-state index contributed by atoms with van der Waals surface area (Å²) in [6, 6.07) is -1.44. The Kier molecular flexibility index (Phi) is 79.3. The molecule has 114 heavy (non-hydrogen) atoms. The van der Waals surface area contributed by atoms with Gasteiger partial charge in [-0.15, -0.1) is 0 Å². The molecule has 2 rings (SSSR count). The molecule has 678 valence electrons. The third-order valence-corrected chi connectivity index (χ3v) is 24.1. The number of aliphatic hydroxyl groups excluding tert-OH is 10. The SMILES string of the molecule is CCCCCCCCCCCCC/C=C/[C@@H](O)[C@H](CO[C@@H]1OC(CO)[C@@H](O[C@@H]2OC(CO)[C@H](O)[C@H](O)C2O)[C@H](O)C1O)NC(=O)CCCCCCCCCCCCCCCCCCCCCCC.CCCCCCCCCCCCCCCCCCCCCCCC(=O)N[C@@H](CO)[C@H](O)CCCCCCCCCCCCCCC. The van der Waals surface area contributed by atoms with Crippen molar-refractivity contribution in [2.24, 2.45) is 0 Å². The Morgan fingerprint density at radius 1 is 0.333 bits per heavy atom. The molecule has 18 heteroatoms. The van der Waals surface area contributed by atoms with Crippen LogP contribution in [0.25, 0.3) is 0 Å². The van der Waals surface area contributed by atoms with Crippen molar-refractivity contribution >= 4 is 11.8 Å². The Morgan fingerprint density at radius 2 is 0.614 bits per heavy atom. The first-order valence-electron chi connectivity index (χ1n) is 49.2.